The molecule has 31 heavy (non-hydrogen) atoms. The van der Waals surface area contributed by atoms with Crippen LogP contribution in [0, 0.1) is 0 Å². The highest BCUT2D eigenvalue weighted by Crippen LogP contribution is 2.48. The normalized spacial score (nSPS) is 25.5. The molecule has 2 heterocycles. The lowest BCUT2D eigenvalue weighted by Gasteiger charge is -2.30. The summed E-state index contributed by atoms with van der Waals surface area (Å²) in [6.45, 7) is 0.907. The molecule has 1 aromatic heterocycles. The SMILES string of the molecule is O=C(N1CCC(c2nc(C3(CNC4CC4c4ccccc4)CC3)no2)CC1)C(F)(F)F. The van der Waals surface area contributed by atoms with Crippen LogP contribution in [0.2, 0.25) is 0 Å². The van der Waals surface area contributed by atoms with Crippen molar-refractivity contribution in [1.82, 2.24) is 20.4 Å². The number of piperidine rings is 1. The molecular formula is C22H25F3N4O2. The smallest absolute Gasteiger partial charge is 0.339 e. The molecule has 1 aliphatic heterocycles. The monoisotopic (exact) mass is 434 g/mol. The predicted octanol–water partition coefficient (Wildman–Crippen LogP) is 3.52. The number of nitrogens with zero attached hydrogens (tertiary/aromatic N) is 3. The van der Waals surface area contributed by atoms with Gasteiger partial charge < -0.3 is 14.7 Å². The summed E-state index contributed by atoms with van der Waals surface area (Å²) in [5.74, 6) is -0.139. The zero-order valence-electron chi connectivity index (χ0n) is 17.1. The van der Waals surface area contributed by atoms with E-state index in [0.717, 1.165) is 30.7 Å². The Morgan fingerprint density at radius 2 is 1.90 bits per heavy atom. The van der Waals surface area contributed by atoms with Crippen LogP contribution in [0.25, 0.3) is 0 Å². The maximum absolute atomic E-state index is 12.6. The summed E-state index contributed by atoms with van der Waals surface area (Å²) in [6.07, 6.45) is -0.894. The van der Waals surface area contributed by atoms with Crippen LogP contribution in [0.1, 0.15) is 61.2 Å². The third-order valence-corrected chi connectivity index (χ3v) is 6.86. The number of carbonyl (C=O) groups excluding carboxylic acids is 1. The van der Waals surface area contributed by atoms with E-state index in [4.69, 9.17) is 4.52 Å². The van der Waals surface area contributed by atoms with Crippen LogP contribution in [0.4, 0.5) is 13.2 Å². The van der Waals surface area contributed by atoms with E-state index >= 15 is 0 Å². The van der Waals surface area contributed by atoms with Crippen molar-refractivity contribution in [1.29, 1.82) is 0 Å². The van der Waals surface area contributed by atoms with Crippen LogP contribution in [0.15, 0.2) is 34.9 Å². The van der Waals surface area contributed by atoms with E-state index in [1.807, 2.05) is 6.07 Å². The number of aromatic nitrogens is 2. The van der Waals surface area contributed by atoms with Gasteiger partial charge in [0.2, 0.25) is 5.89 Å². The molecule has 1 aromatic carbocycles. The van der Waals surface area contributed by atoms with Crippen LogP contribution in [0.5, 0.6) is 0 Å². The molecule has 9 heteroatoms. The number of hydrogen-bond donors (Lipinski definition) is 1. The third kappa shape index (κ3) is 4.20. The summed E-state index contributed by atoms with van der Waals surface area (Å²) in [7, 11) is 0. The molecule has 2 atom stereocenters. The van der Waals surface area contributed by atoms with E-state index in [9.17, 15) is 18.0 Å². The number of benzene rings is 1. The van der Waals surface area contributed by atoms with Gasteiger partial charge in [-0.25, -0.2) is 0 Å². The Morgan fingerprint density at radius 1 is 1.19 bits per heavy atom. The molecule has 2 aliphatic carbocycles. The Morgan fingerprint density at radius 3 is 2.55 bits per heavy atom. The molecule has 6 nitrogen and oxygen atoms in total. The maximum atomic E-state index is 12.6. The third-order valence-electron chi connectivity index (χ3n) is 6.86. The molecule has 0 spiro atoms. The van der Waals surface area contributed by atoms with Gasteiger partial charge in [0, 0.05) is 42.9 Å². The van der Waals surface area contributed by atoms with Crippen molar-refractivity contribution in [2.45, 2.75) is 61.6 Å². The van der Waals surface area contributed by atoms with E-state index in [2.05, 4.69) is 39.7 Å². The number of amides is 1. The fraction of sp³-hybridized carbons (Fsp3) is 0.591. The van der Waals surface area contributed by atoms with Crippen molar-refractivity contribution in [3.63, 3.8) is 0 Å². The number of hydrogen-bond acceptors (Lipinski definition) is 5. The Kier molecular flexibility index (Phi) is 5.03. The van der Waals surface area contributed by atoms with E-state index < -0.39 is 12.1 Å². The Labute approximate surface area is 178 Å². The number of halogens is 3. The lowest BCUT2D eigenvalue weighted by Crippen LogP contribution is -2.45. The number of alkyl halides is 3. The first-order chi connectivity index (χ1) is 14.9. The van der Waals surface area contributed by atoms with Crippen LogP contribution in [0.3, 0.4) is 0 Å². The molecule has 5 rings (SSSR count). The van der Waals surface area contributed by atoms with Crippen molar-refractivity contribution in [2.75, 3.05) is 19.6 Å². The molecular weight excluding hydrogens is 409 g/mol. The van der Waals surface area contributed by atoms with Gasteiger partial charge in [-0.3, -0.25) is 4.79 Å². The van der Waals surface area contributed by atoms with Gasteiger partial charge in [0.1, 0.15) is 0 Å². The molecule has 1 amide bonds. The van der Waals surface area contributed by atoms with E-state index in [1.165, 1.54) is 5.56 Å². The first-order valence-electron chi connectivity index (χ1n) is 10.8. The van der Waals surface area contributed by atoms with Gasteiger partial charge in [-0.1, -0.05) is 35.5 Å². The van der Waals surface area contributed by atoms with Crippen molar-refractivity contribution < 1.29 is 22.5 Å². The van der Waals surface area contributed by atoms with Crippen molar-refractivity contribution in [3.05, 3.63) is 47.6 Å². The highest BCUT2D eigenvalue weighted by Gasteiger charge is 2.50. The average Bonchev–Trinajstić information content (AvgIpc) is 3.68. The van der Waals surface area contributed by atoms with Crippen LogP contribution in [-0.4, -0.2) is 52.8 Å². The van der Waals surface area contributed by atoms with Gasteiger partial charge in [0.05, 0.1) is 0 Å². The van der Waals surface area contributed by atoms with Crippen LogP contribution in [-0.2, 0) is 10.2 Å². The standard InChI is InChI=1S/C22H25F3N4O2/c23-22(24,25)20(30)29-10-6-15(7-11-29)18-27-19(28-31-18)21(8-9-21)13-26-17-12-16(17)14-4-2-1-3-5-14/h1-5,15-17,26H,6-13H2. The summed E-state index contributed by atoms with van der Waals surface area (Å²) in [5.41, 5.74) is 1.26. The van der Waals surface area contributed by atoms with Crippen molar-refractivity contribution in [3.8, 4) is 0 Å². The quantitative estimate of drug-likeness (QED) is 0.754. The van der Waals surface area contributed by atoms with E-state index in [0.29, 0.717) is 36.5 Å². The molecule has 0 radical (unpaired) electrons. The van der Waals surface area contributed by atoms with Gasteiger partial charge in [-0.2, -0.15) is 18.2 Å². The molecule has 2 unspecified atom stereocenters. The second-order valence-electron chi connectivity index (χ2n) is 9.04. The molecule has 2 aromatic rings. The van der Waals surface area contributed by atoms with Crippen LogP contribution < -0.4 is 5.32 Å². The average molecular weight is 434 g/mol. The molecule has 2 saturated carbocycles. The second-order valence-corrected chi connectivity index (χ2v) is 9.04. The van der Waals surface area contributed by atoms with Gasteiger partial charge in [0.15, 0.2) is 5.82 Å². The molecule has 0 bridgehead atoms. The molecule has 3 fully saturated rings. The maximum Gasteiger partial charge on any atom is 0.471 e. The fourth-order valence-electron chi connectivity index (χ4n) is 4.57. The van der Waals surface area contributed by atoms with Gasteiger partial charge >= 0.3 is 12.1 Å². The summed E-state index contributed by atoms with van der Waals surface area (Å²) in [4.78, 5) is 16.9. The minimum atomic E-state index is -4.82. The van der Waals surface area contributed by atoms with Gasteiger partial charge in [-0.15, -0.1) is 0 Å². The highest BCUT2D eigenvalue weighted by atomic mass is 19.4. The number of rotatable bonds is 6. The Balaban J connectivity index is 1.15. The predicted molar refractivity (Wildman–Crippen MR) is 105 cm³/mol. The number of likely N-dealkylation sites (tertiary alicyclic amines) is 1. The Bertz CT molecular complexity index is 934. The molecule has 166 valence electrons. The van der Waals surface area contributed by atoms with E-state index in [1.54, 1.807) is 0 Å². The minimum absolute atomic E-state index is 0.0516. The zero-order chi connectivity index (χ0) is 21.6. The minimum Gasteiger partial charge on any atom is -0.339 e. The van der Waals surface area contributed by atoms with Crippen molar-refractivity contribution >= 4 is 5.91 Å². The second kappa shape index (κ2) is 7.62. The molecule has 3 aliphatic rings. The van der Waals surface area contributed by atoms with Gasteiger partial charge in [-0.05, 0) is 37.7 Å². The summed E-state index contributed by atoms with van der Waals surface area (Å²) in [5, 5.41) is 7.86. The number of carbonyl (C=O) groups is 1. The van der Waals surface area contributed by atoms with E-state index in [-0.39, 0.29) is 24.4 Å². The summed E-state index contributed by atoms with van der Waals surface area (Å²) in [6, 6.07) is 11.0. The van der Waals surface area contributed by atoms with Gasteiger partial charge in [0.25, 0.3) is 0 Å². The van der Waals surface area contributed by atoms with Crippen LogP contribution >= 0.6 is 0 Å². The van der Waals surface area contributed by atoms with Crippen molar-refractivity contribution in [2.24, 2.45) is 0 Å². The first-order valence-corrected chi connectivity index (χ1v) is 10.8. The zero-order valence-corrected chi connectivity index (χ0v) is 17.1. The molecule has 1 saturated heterocycles. The summed E-state index contributed by atoms with van der Waals surface area (Å²) < 4.78 is 43.3. The lowest BCUT2D eigenvalue weighted by molar-refractivity contribution is -0.186. The largest absolute Gasteiger partial charge is 0.471 e. The molecule has 1 N–H and O–H groups in total. The highest BCUT2D eigenvalue weighted by molar-refractivity contribution is 5.81. The topological polar surface area (TPSA) is 71.3 Å². The first kappa shape index (κ1) is 20.5. The fourth-order valence-corrected chi connectivity index (χ4v) is 4.57. The number of nitrogens with one attached hydrogen (secondary N) is 1. The Hall–Kier alpha value is -2.42. The summed E-state index contributed by atoms with van der Waals surface area (Å²) >= 11 is 0. The lowest BCUT2D eigenvalue weighted by atomic mass is 9.96.